The molecule has 1 amide bonds. The van der Waals surface area contributed by atoms with Crippen LogP contribution in [0.2, 0.25) is 5.02 Å². The molecule has 0 fully saturated rings. The van der Waals surface area contributed by atoms with E-state index >= 15 is 0 Å². The van der Waals surface area contributed by atoms with E-state index < -0.39 is 5.54 Å². The highest BCUT2D eigenvalue weighted by Gasteiger charge is 2.26. The van der Waals surface area contributed by atoms with Crippen LogP contribution in [-0.2, 0) is 11.2 Å². The smallest absolute Gasteiger partial charge is 0.227 e. The first-order chi connectivity index (χ1) is 7.86. The van der Waals surface area contributed by atoms with Crippen LogP contribution in [0.3, 0.4) is 0 Å². The summed E-state index contributed by atoms with van der Waals surface area (Å²) in [6.07, 6.45) is 0.292. The Morgan fingerprint density at radius 3 is 2.65 bits per heavy atom. The lowest BCUT2D eigenvalue weighted by Gasteiger charge is -2.34. The third-order valence-corrected chi connectivity index (χ3v) is 3.15. The molecule has 0 atom stereocenters. The second kappa shape index (κ2) is 5.52. The van der Waals surface area contributed by atoms with Crippen LogP contribution in [0.1, 0.15) is 19.4 Å². The topological polar surface area (TPSA) is 40.5 Å². The molecule has 94 valence electrons. The number of aliphatic hydroxyl groups is 1. The summed E-state index contributed by atoms with van der Waals surface area (Å²) in [6.45, 7) is 3.58. The van der Waals surface area contributed by atoms with E-state index in [2.05, 4.69) is 0 Å². The summed E-state index contributed by atoms with van der Waals surface area (Å²) >= 11 is 5.86. The quantitative estimate of drug-likeness (QED) is 0.895. The molecule has 4 heteroatoms. The van der Waals surface area contributed by atoms with Crippen LogP contribution < -0.4 is 0 Å². The minimum atomic E-state index is -0.546. The number of benzene rings is 1. The Kier molecular flexibility index (Phi) is 4.54. The molecule has 0 unspecified atom stereocenters. The summed E-state index contributed by atoms with van der Waals surface area (Å²) < 4.78 is 0. The number of aliphatic hydroxyl groups excluding tert-OH is 1. The maximum atomic E-state index is 12.0. The lowest BCUT2D eigenvalue weighted by atomic mass is 10.0. The zero-order chi connectivity index (χ0) is 13.1. The lowest BCUT2D eigenvalue weighted by Crippen LogP contribution is -2.48. The van der Waals surface area contributed by atoms with Crippen LogP contribution in [0.5, 0.6) is 0 Å². The molecule has 17 heavy (non-hydrogen) atoms. The van der Waals surface area contributed by atoms with Gasteiger partial charge >= 0.3 is 0 Å². The number of hydrogen-bond acceptors (Lipinski definition) is 2. The number of rotatable bonds is 4. The van der Waals surface area contributed by atoms with Crippen molar-refractivity contribution >= 4 is 17.5 Å². The number of amides is 1. The SMILES string of the molecule is CN(C(=O)Cc1cccc(Cl)c1)C(C)(C)CO. The minimum absolute atomic E-state index is 0.0358. The van der Waals surface area contributed by atoms with Crippen molar-refractivity contribution in [2.75, 3.05) is 13.7 Å². The summed E-state index contributed by atoms with van der Waals surface area (Å²) in [5.41, 5.74) is 0.332. The van der Waals surface area contributed by atoms with Gasteiger partial charge in [0.25, 0.3) is 0 Å². The van der Waals surface area contributed by atoms with Gasteiger partial charge in [-0.1, -0.05) is 23.7 Å². The number of likely N-dealkylation sites (N-methyl/N-ethyl adjacent to an activating group) is 1. The maximum Gasteiger partial charge on any atom is 0.227 e. The van der Waals surface area contributed by atoms with E-state index in [1.165, 1.54) is 0 Å². The summed E-state index contributed by atoms with van der Waals surface area (Å²) in [5.74, 6) is -0.0358. The van der Waals surface area contributed by atoms with Gasteiger partial charge in [-0.25, -0.2) is 0 Å². The molecule has 3 nitrogen and oxygen atoms in total. The van der Waals surface area contributed by atoms with Crippen molar-refractivity contribution in [2.45, 2.75) is 25.8 Å². The molecule has 0 bridgehead atoms. The number of hydrogen-bond donors (Lipinski definition) is 1. The van der Waals surface area contributed by atoms with Crippen LogP contribution in [-0.4, -0.2) is 35.1 Å². The van der Waals surface area contributed by atoms with E-state index in [0.717, 1.165) is 5.56 Å². The molecular formula is C13H18ClNO2. The highest BCUT2D eigenvalue weighted by Crippen LogP contribution is 2.15. The lowest BCUT2D eigenvalue weighted by molar-refractivity contribution is -0.135. The van der Waals surface area contributed by atoms with Gasteiger partial charge in [0.05, 0.1) is 18.6 Å². The van der Waals surface area contributed by atoms with Gasteiger partial charge in [0.2, 0.25) is 5.91 Å². The van der Waals surface area contributed by atoms with E-state index in [1.54, 1.807) is 24.1 Å². The van der Waals surface area contributed by atoms with Crippen LogP contribution >= 0.6 is 11.6 Å². The molecule has 0 aliphatic heterocycles. The Bertz CT molecular complexity index is 404. The Hall–Kier alpha value is -1.06. The zero-order valence-corrected chi connectivity index (χ0v) is 11.2. The van der Waals surface area contributed by atoms with E-state index in [4.69, 9.17) is 11.6 Å². The van der Waals surface area contributed by atoms with Crippen molar-refractivity contribution in [1.29, 1.82) is 0 Å². The first kappa shape index (κ1) is 14.0. The predicted octanol–water partition coefficient (Wildman–Crippen LogP) is 2.11. The Morgan fingerprint density at radius 2 is 2.12 bits per heavy atom. The normalized spacial score (nSPS) is 11.4. The largest absolute Gasteiger partial charge is 0.394 e. The highest BCUT2D eigenvalue weighted by molar-refractivity contribution is 6.30. The standard InChI is InChI=1S/C13H18ClNO2/c1-13(2,9-16)15(3)12(17)8-10-5-4-6-11(14)7-10/h4-7,16H,8-9H2,1-3H3. The van der Waals surface area contributed by atoms with Crippen molar-refractivity contribution in [3.8, 4) is 0 Å². The fourth-order valence-electron chi connectivity index (χ4n) is 1.38. The summed E-state index contributed by atoms with van der Waals surface area (Å²) in [6, 6.07) is 7.24. The van der Waals surface area contributed by atoms with Crippen LogP contribution in [0, 0.1) is 0 Å². The first-order valence-electron chi connectivity index (χ1n) is 5.49. The third kappa shape index (κ3) is 3.72. The van der Waals surface area contributed by atoms with Crippen molar-refractivity contribution in [2.24, 2.45) is 0 Å². The fourth-order valence-corrected chi connectivity index (χ4v) is 1.60. The molecular weight excluding hydrogens is 238 g/mol. The van der Waals surface area contributed by atoms with Gasteiger partial charge in [-0.15, -0.1) is 0 Å². The van der Waals surface area contributed by atoms with Crippen LogP contribution in [0.25, 0.3) is 0 Å². The monoisotopic (exact) mass is 255 g/mol. The average Bonchev–Trinajstić information content (AvgIpc) is 2.28. The van der Waals surface area contributed by atoms with Gasteiger partial charge in [-0.2, -0.15) is 0 Å². The summed E-state index contributed by atoms with van der Waals surface area (Å²) in [7, 11) is 1.70. The fraction of sp³-hybridized carbons (Fsp3) is 0.462. The molecule has 0 aliphatic rings. The van der Waals surface area contributed by atoms with Gasteiger partial charge in [0, 0.05) is 12.1 Å². The van der Waals surface area contributed by atoms with Gasteiger partial charge < -0.3 is 10.0 Å². The van der Waals surface area contributed by atoms with Crippen molar-refractivity contribution < 1.29 is 9.90 Å². The Morgan fingerprint density at radius 1 is 1.47 bits per heavy atom. The summed E-state index contributed by atoms with van der Waals surface area (Å²) in [4.78, 5) is 13.6. The third-order valence-electron chi connectivity index (χ3n) is 2.91. The molecule has 0 aliphatic carbocycles. The van der Waals surface area contributed by atoms with E-state index in [1.807, 2.05) is 26.0 Å². The second-order valence-corrected chi connectivity index (χ2v) is 5.17. The molecule has 0 radical (unpaired) electrons. The first-order valence-corrected chi connectivity index (χ1v) is 5.86. The van der Waals surface area contributed by atoms with Crippen molar-refractivity contribution in [3.05, 3.63) is 34.9 Å². The zero-order valence-electron chi connectivity index (χ0n) is 10.4. The Labute approximate surface area is 107 Å². The maximum absolute atomic E-state index is 12.0. The van der Waals surface area contributed by atoms with Gasteiger partial charge in [-0.05, 0) is 31.5 Å². The molecule has 0 saturated carbocycles. The minimum Gasteiger partial charge on any atom is -0.394 e. The van der Waals surface area contributed by atoms with Crippen molar-refractivity contribution in [3.63, 3.8) is 0 Å². The van der Waals surface area contributed by atoms with E-state index in [9.17, 15) is 9.90 Å². The van der Waals surface area contributed by atoms with Crippen LogP contribution in [0.4, 0.5) is 0 Å². The Balaban J connectivity index is 2.73. The molecule has 1 aromatic carbocycles. The molecule has 1 aromatic rings. The van der Waals surface area contributed by atoms with Gasteiger partial charge in [0.1, 0.15) is 0 Å². The van der Waals surface area contributed by atoms with E-state index in [-0.39, 0.29) is 12.5 Å². The molecule has 0 aromatic heterocycles. The highest BCUT2D eigenvalue weighted by atomic mass is 35.5. The molecule has 1 rings (SSSR count). The van der Waals surface area contributed by atoms with Gasteiger partial charge in [-0.3, -0.25) is 4.79 Å². The molecule has 0 saturated heterocycles. The van der Waals surface area contributed by atoms with Crippen LogP contribution in [0.15, 0.2) is 24.3 Å². The van der Waals surface area contributed by atoms with Crippen molar-refractivity contribution in [1.82, 2.24) is 4.90 Å². The predicted molar refractivity (Wildman–Crippen MR) is 69.1 cm³/mol. The number of carbonyl (C=O) groups excluding carboxylic acids is 1. The second-order valence-electron chi connectivity index (χ2n) is 4.73. The molecule has 0 spiro atoms. The van der Waals surface area contributed by atoms with E-state index in [0.29, 0.717) is 11.4 Å². The molecule has 0 heterocycles. The number of nitrogens with zero attached hydrogens (tertiary/aromatic N) is 1. The average molecular weight is 256 g/mol. The van der Waals surface area contributed by atoms with Gasteiger partial charge in [0.15, 0.2) is 0 Å². The molecule has 1 N–H and O–H groups in total. The summed E-state index contributed by atoms with van der Waals surface area (Å²) in [5, 5.41) is 9.83. The number of halogens is 1. The number of carbonyl (C=O) groups is 1.